The molecule has 0 spiro atoms. The second-order valence-electron chi connectivity index (χ2n) is 5.84. The highest BCUT2D eigenvalue weighted by Crippen LogP contribution is 2.35. The molecule has 27 heavy (non-hydrogen) atoms. The minimum Gasteiger partial charge on any atom is -0.493 e. The average molecular weight is 362 g/mol. The zero-order valence-electron chi connectivity index (χ0n) is 15.2. The van der Waals surface area contributed by atoms with Crippen LogP contribution in [0, 0.1) is 0 Å². The van der Waals surface area contributed by atoms with Gasteiger partial charge in [0, 0.05) is 18.7 Å². The number of hydrogen-bond acceptors (Lipinski definition) is 6. The molecule has 7 nitrogen and oxygen atoms in total. The Morgan fingerprint density at radius 3 is 2.41 bits per heavy atom. The summed E-state index contributed by atoms with van der Waals surface area (Å²) in [5, 5.41) is 5.01. The van der Waals surface area contributed by atoms with E-state index in [9.17, 15) is 0 Å². The monoisotopic (exact) mass is 362 g/mol. The molecule has 7 heteroatoms. The maximum Gasteiger partial charge on any atom is 0.234 e. The van der Waals surface area contributed by atoms with Crippen molar-refractivity contribution in [1.29, 1.82) is 0 Å². The van der Waals surface area contributed by atoms with Crippen molar-refractivity contribution in [2.45, 2.75) is 0 Å². The molecule has 0 aliphatic heterocycles. The number of hydrogen-bond donors (Lipinski definition) is 0. The SMILES string of the molecule is COc1ccc(Oc2nc(-c3ccccc3)nc3c2cnn3C)cc1OC. The van der Waals surface area contributed by atoms with E-state index in [1.165, 1.54) is 0 Å². The third-order valence-electron chi connectivity index (χ3n) is 4.16. The van der Waals surface area contributed by atoms with Gasteiger partial charge in [-0.05, 0) is 12.1 Å². The minimum absolute atomic E-state index is 0.430. The molecule has 0 atom stereocenters. The molecule has 136 valence electrons. The number of aromatic nitrogens is 4. The molecule has 0 saturated heterocycles. The van der Waals surface area contributed by atoms with E-state index in [2.05, 4.69) is 15.1 Å². The van der Waals surface area contributed by atoms with Crippen molar-refractivity contribution in [3.8, 4) is 34.5 Å². The number of methoxy groups -OCH3 is 2. The first kappa shape index (κ1) is 16.8. The van der Waals surface area contributed by atoms with Gasteiger partial charge in [0.2, 0.25) is 5.88 Å². The van der Waals surface area contributed by atoms with Gasteiger partial charge in [0.1, 0.15) is 11.1 Å². The maximum absolute atomic E-state index is 6.07. The first-order valence-electron chi connectivity index (χ1n) is 8.34. The van der Waals surface area contributed by atoms with Crippen molar-refractivity contribution in [3.05, 3.63) is 54.7 Å². The Hall–Kier alpha value is -3.61. The minimum atomic E-state index is 0.430. The van der Waals surface area contributed by atoms with E-state index >= 15 is 0 Å². The normalized spacial score (nSPS) is 10.8. The molecule has 4 rings (SSSR count). The van der Waals surface area contributed by atoms with Crippen LogP contribution in [0.1, 0.15) is 0 Å². The van der Waals surface area contributed by atoms with Crippen LogP contribution >= 0.6 is 0 Å². The van der Waals surface area contributed by atoms with Crippen molar-refractivity contribution in [2.75, 3.05) is 14.2 Å². The van der Waals surface area contributed by atoms with Crippen molar-refractivity contribution in [2.24, 2.45) is 7.05 Å². The van der Waals surface area contributed by atoms with Gasteiger partial charge < -0.3 is 14.2 Å². The fourth-order valence-corrected chi connectivity index (χ4v) is 2.78. The van der Waals surface area contributed by atoms with E-state index < -0.39 is 0 Å². The van der Waals surface area contributed by atoms with Crippen LogP contribution in [0.4, 0.5) is 0 Å². The standard InChI is InChI=1S/C20H18N4O3/c1-24-19-15(12-21-24)20(23-18(22-19)13-7-5-4-6-8-13)27-14-9-10-16(25-2)17(11-14)26-3/h4-12H,1-3H3. The van der Waals surface area contributed by atoms with E-state index in [1.807, 2.05) is 37.4 Å². The van der Waals surface area contributed by atoms with Gasteiger partial charge in [-0.1, -0.05) is 30.3 Å². The highest BCUT2D eigenvalue weighted by Gasteiger charge is 2.15. The lowest BCUT2D eigenvalue weighted by molar-refractivity contribution is 0.352. The summed E-state index contributed by atoms with van der Waals surface area (Å²) in [5.41, 5.74) is 1.59. The molecule has 0 radical (unpaired) electrons. The number of rotatable bonds is 5. The summed E-state index contributed by atoms with van der Waals surface area (Å²) in [5.74, 6) is 2.79. The van der Waals surface area contributed by atoms with E-state index in [0.29, 0.717) is 34.6 Å². The summed E-state index contributed by atoms with van der Waals surface area (Å²) in [6, 6.07) is 15.1. The molecular weight excluding hydrogens is 344 g/mol. The Morgan fingerprint density at radius 1 is 0.889 bits per heavy atom. The number of ether oxygens (including phenoxy) is 3. The molecule has 0 N–H and O–H groups in total. The Labute approximate surface area is 156 Å². The second-order valence-corrected chi connectivity index (χ2v) is 5.84. The first-order chi connectivity index (χ1) is 13.2. The van der Waals surface area contributed by atoms with Crippen molar-refractivity contribution < 1.29 is 14.2 Å². The van der Waals surface area contributed by atoms with E-state index in [-0.39, 0.29) is 0 Å². The van der Waals surface area contributed by atoms with Crippen LogP contribution in [-0.2, 0) is 7.05 Å². The summed E-state index contributed by atoms with van der Waals surface area (Å²) in [6.45, 7) is 0. The largest absolute Gasteiger partial charge is 0.493 e. The first-order valence-corrected chi connectivity index (χ1v) is 8.34. The summed E-state index contributed by atoms with van der Waals surface area (Å²) in [6.07, 6.45) is 1.69. The lowest BCUT2D eigenvalue weighted by Crippen LogP contribution is -1.98. The number of nitrogens with zero attached hydrogens (tertiary/aromatic N) is 4. The number of benzene rings is 2. The van der Waals surface area contributed by atoms with Crippen LogP contribution in [0.2, 0.25) is 0 Å². The Morgan fingerprint density at radius 2 is 1.67 bits per heavy atom. The highest BCUT2D eigenvalue weighted by atomic mass is 16.5. The second kappa shape index (κ2) is 6.95. The molecule has 0 bridgehead atoms. The lowest BCUT2D eigenvalue weighted by atomic mass is 10.2. The zero-order chi connectivity index (χ0) is 18.8. The fraction of sp³-hybridized carbons (Fsp3) is 0.150. The summed E-state index contributed by atoms with van der Waals surface area (Å²) in [7, 11) is 5.01. The van der Waals surface area contributed by atoms with Crippen LogP contribution in [0.5, 0.6) is 23.1 Å². The molecule has 0 aliphatic rings. The molecule has 0 amide bonds. The van der Waals surface area contributed by atoms with E-state index in [0.717, 1.165) is 10.9 Å². The van der Waals surface area contributed by atoms with E-state index in [4.69, 9.17) is 14.2 Å². The Balaban J connectivity index is 1.81. The van der Waals surface area contributed by atoms with Gasteiger partial charge >= 0.3 is 0 Å². The molecule has 0 aliphatic carbocycles. The molecule has 0 fully saturated rings. The summed E-state index contributed by atoms with van der Waals surface area (Å²) < 4.78 is 18.4. The summed E-state index contributed by atoms with van der Waals surface area (Å²) in [4.78, 5) is 9.25. The van der Waals surface area contributed by atoms with E-state index in [1.54, 1.807) is 43.3 Å². The quantitative estimate of drug-likeness (QED) is 0.537. The van der Waals surface area contributed by atoms with Crippen LogP contribution in [0.25, 0.3) is 22.4 Å². The Bertz CT molecular complexity index is 1090. The third-order valence-corrected chi connectivity index (χ3v) is 4.16. The third kappa shape index (κ3) is 3.15. The van der Waals surface area contributed by atoms with Gasteiger partial charge in [0.25, 0.3) is 0 Å². The van der Waals surface area contributed by atoms with Crippen LogP contribution in [0.15, 0.2) is 54.7 Å². The predicted octanol–water partition coefficient (Wildman–Crippen LogP) is 3.84. The van der Waals surface area contributed by atoms with Gasteiger partial charge in [0.05, 0.1) is 20.4 Å². The summed E-state index contributed by atoms with van der Waals surface area (Å²) >= 11 is 0. The fourth-order valence-electron chi connectivity index (χ4n) is 2.78. The predicted molar refractivity (Wildman–Crippen MR) is 101 cm³/mol. The van der Waals surface area contributed by atoms with Crippen molar-refractivity contribution in [3.63, 3.8) is 0 Å². The number of aryl methyl sites for hydroxylation is 1. The molecule has 2 heterocycles. The van der Waals surface area contributed by atoms with Gasteiger partial charge in [-0.3, -0.25) is 4.68 Å². The lowest BCUT2D eigenvalue weighted by Gasteiger charge is -2.11. The smallest absolute Gasteiger partial charge is 0.234 e. The van der Waals surface area contributed by atoms with Gasteiger partial charge in [-0.15, -0.1) is 0 Å². The molecule has 2 aromatic heterocycles. The van der Waals surface area contributed by atoms with Crippen LogP contribution in [0.3, 0.4) is 0 Å². The molecule has 4 aromatic rings. The maximum atomic E-state index is 6.07. The van der Waals surface area contributed by atoms with Crippen LogP contribution in [-0.4, -0.2) is 34.0 Å². The van der Waals surface area contributed by atoms with Crippen molar-refractivity contribution >= 4 is 11.0 Å². The molecule has 0 unspecified atom stereocenters. The number of fused-ring (bicyclic) bond motifs is 1. The van der Waals surface area contributed by atoms with Gasteiger partial charge in [0.15, 0.2) is 23.0 Å². The van der Waals surface area contributed by atoms with Crippen LogP contribution < -0.4 is 14.2 Å². The van der Waals surface area contributed by atoms with Crippen molar-refractivity contribution in [1.82, 2.24) is 19.7 Å². The molecular formula is C20H18N4O3. The topological polar surface area (TPSA) is 71.3 Å². The molecule has 2 aromatic carbocycles. The highest BCUT2D eigenvalue weighted by molar-refractivity contribution is 5.82. The molecule has 0 saturated carbocycles. The zero-order valence-corrected chi connectivity index (χ0v) is 15.2. The Kier molecular flexibility index (Phi) is 4.33. The average Bonchev–Trinajstić information content (AvgIpc) is 3.09. The van der Waals surface area contributed by atoms with Gasteiger partial charge in [-0.25, -0.2) is 4.98 Å². The van der Waals surface area contributed by atoms with Gasteiger partial charge in [-0.2, -0.15) is 10.1 Å².